The van der Waals surface area contributed by atoms with Gasteiger partial charge >= 0.3 is 0 Å². The van der Waals surface area contributed by atoms with Crippen LogP contribution in [0.3, 0.4) is 0 Å². The molecule has 0 saturated heterocycles. The number of benzene rings is 2. The molecule has 0 N–H and O–H groups in total. The lowest BCUT2D eigenvalue weighted by atomic mass is 10.1. The molecule has 5 heteroatoms. The Morgan fingerprint density at radius 1 is 0.923 bits per heavy atom. The smallest absolute Gasteiger partial charge is 0.298 e. The molecule has 0 heterocycles. The highest BCUT2D eigenvalue weighted by molar-refractivity contribution is 7.91. The number of hydrogen-bond acceptors (Lipinski definition) is 4. The fraction of sp³-hybridized carbons (Fsp3) is 0.381. The molecule has 0 aliphatic carbocycles. The third kappa shape index (κ3) is 8.30. The molecule has 0 aromatic heterocycles. The molecule has 0 aliphatic rings. The average Bonchev–Trinajstić information content (AvgIpc) is 2.67. The standard InChI is InChI=1S/C11H14O4S.C10H14/c1-2-3-7-16(13,14)11-6-4-5-10(8-11)15-9-12;1-2-3-7-10-8-5-4-6-9-10/h4-6,8-9H,2-3,7H2,1H3;4-6,8-9H,2-3,7H2,1H3. The molecule has 0 saturated carbocycles. The van der Waals surface area contributed by atoms with Gasteiger partial charge in [-0.1, -0.05) is 63.1 Å². The number of ether oxygens (including phenoxy) is 1. The Morgan fingerprint density at radius 3 is 2.23 bits per heavy atom. The Labute approximate surface area is 157 Å². The lowest BCUT2D eigenvalue weighted by Gasteiger charge is -2.04. The maximum atomic E-state index is 11.8. The van der Waals surface area contributed by atoms with Crippen LogP contribution in [0.15, 0.2) is 59.5 Å². The second-order valence-corrected chi connectivity index (χ2v) is 8.06. The van der Waals surface area contributed by atoms with Crippen LogP contribution in [0.5, 0.6) is 5.75 Å². The first-order chi connectivity index (χ1) is 12.5. The van der Waals surface area contributed by atoms with Crippen molar-refractivity contribution in [2.24, 2.45) is 0 Å². The van der Waals surface area contributed by atoms with E-state index in [1.165, 1.54) is 43.0 Å². The van der Waals surface area contributed by atoms with Gasteiger partial charge in [-0.05, 0) is 43.0 Å². The SMILES string of the molecule is CCCCS(=O)(=O)c1cccc(OC=O)c1.CCCCc1ccccc1. The summed E-state index contributed by atoms with van der Waals surface area (Å²) in [4.78, 5) is 10.3. The first-order valence-corrected chi connectivity index (χ1v) is 10.7. The lowest BCUT2D eigenvalue weighted by molar-refractivity contribution is -0.120. The van der Waals surface area contributed by atoms with Crippen LogP contribution in [-0.4, -0.2) is 20.6 Å². The van der Waals surface area contributed by atoms with Gasteiger partial charge < -0.3 is 4.74 Å². The minimum atomic E-state index is -3.26. The van der Waals surface area contributed by atoms with Crippen molar-refractivity contribution in [1.82, 2.24) is 0 Å². The monoisotopic (exact) mass is 376 g/mol. The van der Waals surface area contributed by atoms with Gasteiger partial charge in [0.05, 0.1) is 10.6 Å². The second-order valence-electron chi connectivity index (χ2n) is 5.95. The third-order valence-electron chi connectivity index (χ3n) is 3.78. The quantitative estimate of drug-likeness (QED) is 0.588. The number of hydrogen-bond donors (Lipinski definition) is 0. The molecule has 0 aliphatic heterocycles. The Hall–Kier alpha value is -2.14. The fourth-order valence-electron chi connectivity index (χ4n) is 2.27. The van der Waals surface area contributed by atoms with Crippen LogP contribution in [0.1, 0.15) is 45.1 Å². The lowest BCUT2D eigenvalue weighted by Crippen LogP contribution is -2.06. The van der Waals surface area contributed by atoms with Gasteiger partial charge in [-0.2, -0.15) is 0 Å². The summed E-state index contributed by atoms with van der Waals surface area (Å²) in [6, 6.07) is 16.6. The van der Waals surface area contributed by atoms with Gasteiger partial charge in [-0.3, -0.25) is 4.79 Å². The van der Waals surface area contributed by atoms with Crippen LogP contribution in [0.25, 0.3) is 0 Å². The molecule has 2 aromatic rings. The second kappa shape index (κ2) is 12.3. The minimum Gasteiger partial charge on any atom is -0.429 e. The molecule has 0 atom stereocenters. The van der Waals surface area contributed by atoms with E-state index in [0.29, 0.717) is 6.42 Å². The van der Waals surface area contributed by atoms with Crippen LogP contribution in [0.2, 0.25) is 0 Å². The van der Waals surface area contributed by atoms with E-state index in [9.17, 15) is 13.2 Å². The summed E-state index contributed by atoms with van der Waals surface area (Å²) in [5.41, 5.74) is 1.46. The van der Waals surface area contributed by atoms with Crippen molar-refractivity contribution in [3.63, 3.8) is 0 Å². The largest absolute Gasteiger partial charge is 0.429 e. The Kier molecular flexibility index (Phi) is 10.3. The molecule has 0 fully saturated rings. The first kappa shape index (κ1) is 21.9. The molecule has 0 spiro atoms. The minimum absolute atomic E-state index is 0.119. The van der Waals surface area contributed by atoms with Crippen molar-refractivity contribution in [2.75, 3.05) is 5.75 Å². The zero-order valence-corrected chi connectivity index (χ0v) is 16.4. The topological polar surface area (TPSA) is 60.4 Å². The van der Waals surface area contributed by atoms with Crippen LogP contribution >= 0.6 is 0 Å². The van der Waals surface area contributed by atoms with E-state index >= 15 is 0 Å². The van der Waals surface area contributed by atoms with Crippen LogP contribution in [0, 0.1) is 0 Å². The summed E-state index contributed by atoms with van der Waals surface area (Å²) in [6.45, 7) is 4.43. The highest BCUT2D eigenvalue weighted by Crippen LogP contribution is 2.19. The molecule has 2 rings (SSSR count). The number of carbonyl (C=O) groups is 1. The van der Waals surface area contributed by atoms with E-state index in [-0.39, 0.29) is 22.9 Å². The normalized spacial score (nSPS) is 10.5. The van der Waals surface area contributed by atoms with Crippen molar-refractivity contribution in [3.8, 4) is 5.75 Å². The summed E-state index contributed by atoms with van der Waals surface area (Å²) < 4.78 is 28.2. The molecule has 142 valence electrons. The molecule has 0 radical (unpaired) electrons. The fourth-order valence-corrected chi connectivity index (χ4v) is 3.76. The van der Waals surface area contributed by atoms with E-state index in [1.54, 1.807) is 6.07 Å². The van der Waals surface area contributed by atoms with Crippen molar-refractivity contribution >= 4 is 16.3 Å². The van der Waals surface area contributed by atoms with Crippen molar-refractivity contribution < 1.29 is 17.9 Å². The molecular formula is C21H28O4S. The maximum Gasteiger partial charge on any atom is 0.298 e. The molecule has 0 unspecified atom stereocenters. The summed E-state index contributed by atoms with van der Waals surface area (Å²) in [5, 5.41) is 0. The molecule has 0 amide bonds. The van der Waals surface area contributed by atoms with Crippen LogP contribution in [-0.2, 0) is 21.1 Å². The zero-order chi connectivity index (χ0) is 19.3. The molecule has 2 aromatic carbocycles. The van der Waals surface area contributed by atoms with Gasteiger partial charge in [-0.25, -0.2) is 8.42 Å². The van der Waals surface area contributed by atoms with Crippen molar-refractivity contribution in [2.45, 2.75) is 50.8 Å². The summed E-state index contributed by atoms with van der Waals surface area (Å²) >= 11 is 0. The average molecular weight is 377 g/mol. The summed E-state index contributed by atoms with van der Waals surface area (Å²) in [6.07, 6.45) is 5.28. The van der Waals surface area contributed by atoms with Gasteiger partial charge in [0.1, 0.15) is 5.75 Å². The van der Waals surface area contributed by atoms with Crippen molar-refractivity contribution in [3.05, 3.63) is 60.2 Å². The maximum absolute atomic E-state index is 11.8. The van der Waals surface area contributed by atoms with Crippen molar-refractivity contribution in [1.29, 1.82) is 0 Å². The number of sulfone groups is 1. The van der Waals surface area contributed by atoms with Gasteiger partial charge in [0, 0.05) is 0 Å². The van der Waals surface area contributed by atoms with E-state index in [2.05, 4.69) is 42.0 Å². The Morgan fingerprint density at radius 2 is 1.62 bits per heavy atom. The first-order valence-electron chi connectivity index (χ1n) is 9.00. The van der Waals surface area contributed by atoms with E-state index in [1.807, 2.05) is 6.92 Å². The Bertz CT molecular complexity index is 740. The number of carbonyl (C=O) groups excluding carboxylic acids is 1. The van der Waals surface area contributed by atoms with Gasteiger partial charge in [0.25, 0.3) is 6.47 Å². The molecular weight excluding hydrogens is 348 g/mol. The van der Waals surface area contributed by atoms with E-state index in [0.717, 1.165) is 6.42 Å². The van der Waals surface area contributed by atoms with E-state index in [4.69, 9.17) is 0 Å². The predicted molar refractivity (Wildman–Crippen MR) is 105 cm³/mol. The molecule has 26 heavy (non-hydrogen) atoms. The zero-order valence-electron chi connectivity index (χ0n) is 15.6. The molecule has 4 nitrogen and oxygen atoms in total. The van der Waals surface area contributed by atoms with Gasteiger partial charge in [-0.15, -0.1) is 0 Å². The van der Waals surface area contributed by atoms with E-state index < -0.39 is 9.84 Å². The number of rotatable bonds is 9. The Balaban J connectivity index is 0.000000289. The molecule has 0 bridgehead atoms. The summed E-state index contributed by atoms with van der Waals surface area (Å²) in [7, 11) is -3.26. The van der Waals surface area contributed by atoms with Crippen LogP contribution in [0.4, 0.5) is 0 Å². The third-order valence-corrected chi connectivity index (χ3v) is 5.58. The highest BCUT2D eigenvalue weighted by Gasteiger charge is 2.14. The number of unbranched alkanes of at least 4 members (excludes halogenated alkanes) is 2. The highest BCUT2D eigenvalue weighted by atomic mass is 32.2. The predicted octanol–water partition coefficient (Wildman–Crippen LogP) is 4.82. The van der Waals surface area contributed by atoms with Gasteiger partial charge in [0.15, 0.2) is 9.84 Å². The summed E-state index contributed by atoms with van der Waals surface area (Å²) in [5.74, 6) is 0.362. The van der Waals surface area contributed by atoms with Gasteiger partial charge in [0.2, 0.25) is 0 Å². The van der Waals surface area contributed by atoms with Crippen LogP contribution < -0.4 is 4.74 Å². The number of aryl methyl sites for hydroxylation is 1.